The summed E-state index contributed by atoms with van der Waals surface area (Å²) in [5, 5.41) is 0. The van der Waals surface area contributed by atoms with E-state index in [2.05, 4.69) is 0 Å². The van der Waals surface area contributed by atoms with Crippen molar-refractivity contribution in [2.45, 2.75) is 0 Å². The van der Waals surface area contributed by atoms with E-state index in [-0.39, 0.29) is 48.4 Å². The van der Waals surface area contributed by atoms with Gasteiger partial charge in [-0.3, -0.25) is 0 Å². The van der Waals surface area contributed by atoms with Gasteiger partial charge in [0.05, 0.1) is 0 Å². The fraction of sp³-hybridized carbons (Fsp3) is 0. The first-order chi connectivity index (χ1) is 0. The fourth-order valence-corrected chi connectivity index (χ4v) is 0. The maximum Gasteiger partial charge on any atom is 0 e. The van der Waals surface area contributed by atoms with Gasteiger partial charge >= 0.3 is 0 Å². The average Bonchev–Trinajstić information content (AvgIpc) is 0. The van der Waals surface area contributed by atoms with Crippen LogP contribution in [-0.4, -0.2) is 27.4 Å². The van der Waals surface area contributed by atoms with Crippen LogP contribution in [0, 0.1) is 0 Å². The van der Waals surface area contributed by atoms with E-state index in [9.17, 15) is 0 Å². The summed E-state index contributed by atoms with van der Waals surface area (Å²) in [6.07, 6.45) is 0. The van der Waals surface area contributed by atoms with E-state index in [1.807, 2.05) is 0 Å². The molecule has 0 saturated heterocycles. The Bertz CT molecular complexity index is 3.90. The Labute approximate surface area is 49.2 Å². The van der Waals surface area contributed by atoms with Gasteiger partial charge in [-0.05, 0) is 0 Å². The van der Waals surface area contributed by atoms with Crippen molar-refractivity contribution in [1.29, 1.82) is 0 Å². The third-order valence-electron chi connectivity index (χ3n) is 0. The molecule has 0 radical (unpaired) electrons. The number of hydrogen-bond acceptors (Lipinski definition) is 5. The Kier molecular flexibility index (Phi) is 63300. The van der Waals surface area contributed by atoms with Crippen LogP contribution in [0.4, 0.5) is 0 Å². The summed E-state index contributed by atoms with van der Waals surface area (Å²) in [6, 6.07) is 0. The van der Waals surface area contributed by atoms with Crippen molar-refractivity contribution in [2.75, 3.05) is 0 Å². The predicted molar refractivity (Wildman–Crippen MR) is 9.68 cm³/mol. The minimum atomic E-state index is 0. The van der Waals surface area contributed by atoms with Crippen LogP contribution < -0.4 is 0 Å². The van der Waals surface area contributed by atoms with E-state index in [0.717, 1.165) is 0 Å². The van der Waals surface area contributed by atoms with Crippen LogP contribution in [0.15, 0.2) is 0 Å². The molecule has 5 N–H and O–H groups in total. The Hall–Kier alpha value is 0.488. The van der Waals surface area contributed by atoms with Crippen LogP contribution in [0.2, 0.25) is 0 Å². The standard InChI is InChI=1S/Mo.5H2O/h;5*1H2/p-5. The second-order valence-corrected chi connectivity index (χ2v) is 0. The molecule has 0 aromatic rings. The molecule has 0 unspecified atom stereocenters. The maximum atomic E-state index is 0. The van der Waals surface area contributed by atoms with E-state index < -0.39 is 0 Å². The van der Waals surface area contributed by atoms with Crippen LogP contribution in [0.5, 0.6) is 0 Å². The SMILES string of the molecule is [Mo].[OH-].[OH-].[OH-].[OH-].[OH-]. The van der Waals surface area contributed by atoms with Crippen molar-refractivity contribution in [3.8, 4) is 0 Å². The van der Waals surface area contributed by atoms with Gasteiger partial charge in [-0.15, -0.1) is 0 Å². The van der Waals surface area contributed by atoms with E-state index in [1.54, 1.807) is 0 Å². The zero-order chi connectivity index (χ0) is 0. The Balaban J connectivity index is 0. The fourth-order valence-electron chi connectivity index (χ4n) is 0. The van der Waals surface area contributed by atoms with Crippen LogP contribution in [0.1, 0.15) is 0 Å². The Morgan fingerprint density at radius 1 is 0.333 bits per heavy atom. The van der Waals surface area contributed by atoms with Gasteiger partial charge in [-0.25, -0.2) is 0 Å². The van der Waals surface area contributed by atoms with E-state index >= 15 is 0 Å². The first-order valence-corrected chi connectivity index (χ1v) is 0. The molecule has 0 fully saturated rings. The van der Waals surface area contributed by atoms with Gasteiger partial charge in [0.1, 0.15) is 0 Å². The normalized spacial score (nSPS) is 0. The van der Waals surface area contributed by atoms with Crippen molar-refractivity contribution >= 4 is 0 Å². The maximum absolute atomic E-state index is 0. The van der Waals surface area contributed by atoms with Crippen LogP contribution in [0.25, 0.3) is 0 Å². The average molecular weight is 181 g/mol. The van der Waals surface area contributed by atoms with Gasteiger partial charge < -0.3 is 27.4 Å². The molecule has 0 spiro atoms. The smallest absolute Gasteiger partial charge is 0 e. The van der Waals surface area contributed by atoms with Crippen LogP contribution in [-0.2, 0) is 21.1 Å². The first kappa shape index (κ1) is 820. The molecule has 0 amide bonds. The van der Waals surface area contributed by atoms with Crippen molar-refractivity contribution < 1.29 is 48.4 Å². The van der Waals surface area contributed by atoms with E-state index in [4.69, 9.17) is 0 Å². The summed E-state index contributed by atoms with van der Waals surface area (Å²) in [5.41, 5.74) is 0. The molecular formula is H5MoO5-5. The molecular weight excluding hydrogens is 176 g/mol. The molecule has 6 heteroatoms. The summed E-state index contributed by atoms with van der Waals surface area (Å²) in [7, 11) is 0. The number of rotatable bonds is 0. The van der Waals surface area contributed by atoms with Crippen molar-refractivity contribution in [2.24, 2.45) is 0 Å². The molecule has 46 valence electrons. The van der Waals surface area contributed by atoms with E-state index in [1.165, 1.54) is 0 Å². The Morgan fingerprint density at radius 2 is 0.333 bits per heavy atom. The molecule has 0 atom stereocenters. The summed E-state index contributed by atoms with van der Waals surface area (Å²) in [6.45, 7) is 0. The van der Waals surface area contributed by atoms with Gasteiger partial charge in [0, 0.05) is 21.1 Å². The second kappa shape index (κ2) is 464. The third kappa shape index (κ3) is 229. The summed E-state index contributed by atoms with van der Waals surface area (Å²) in [5.74, 6) is 0. The van der Waals surface area contributed by atoms with E-state index in [0.29, 0.717) is 0 Å². The Morgan fingerprint density at radius 3 is 0.333 bits per heavy atom. The van der Waals surface area contributed by atoms with Crippen molar-refractivity contribution in [1.82, 2.24) is 0 Å². The van der Waals surface area contributed by atoms with Gasteiger partial charge in [0.25, 0.3) is 0 Å². The van der Waals surface area contributed by atoms with Crippen molar-refractivity contribution in [3.63, 3.8) is 0 Å². The topological polar surface area (TPSA) is 150 Å². The minimum absolute atomic E-state index is 0. The minimum Gasteiger partial charge on any atom is -0.870 e. The first-order valence-electron chi connectivity index (χ1n) is 0. The molecule has 0 bridgehead atoms. The molecule has 0 aliphatic carbocycles. The van der Waals surface area contributed by atoms with Crippen LogP contribution in [0.3, 0.4) is 0 Å². The predicted octanol–water partition coefficient (Wildman–Crippen LogP) is -0.886. The quantitative estimate of drug-likeness (QED) is 0.444. The molecule has 6 heavy (non-hydrogen) atoms. The van der Waals surface area contributed by atoms with Crippen LogP contribution >= 0.6 is 0 Å². The van der Waals surface area contributed by atoms with Gasteiger partial charge in [-0.2, -0.15) is 0 Å². The zero-order valence-electron chi connectivity index (χ0n) is 2.64. The molecule has 5 nitrogen and oxygen atoms in total. The molecule has 0 heterocycles. The largest absolute Gasteiger partial charge is 0.870 e. The summed E-state index contributed by atoms with van der Waals surface area (Å²) < 4.78 is 0. The summed E-state index contributed by atoms with van der Waals surface area (Å²) >= 11 is 0. The van der Waals surface area contributed by atoms with Gasteiger partial charge in [0.2, 0.25) is 0 Å². The molecule has 0 aliphatic heterocycles. The third-order valence-corrected chi connectivity index (χ3v) is 0. The summed E-state index contributed by atoms with van der Waals surface area (Å²) in [4.78, 5) is 0. The molecule has 0 rings (SSSR count). The molecule has 0 aromatic carbocycles. The van der Waals surface area contributed by atoms with Gasteiger partial charge in [-0.1, -0.05) is 0 Å². The van der Waals surface area contributed by atoms with Gasteiger partial charge in [0.15, 0.2) is 0 Å². The van der Waals surface area contributed by atoms with Crippen molar-refractivity contribution in [3.05, 3.63) is 0 Å². The monoisotopic (exact) mass is 183 g/mol. The molecule has 0 saturated carbocycles. The number of hydrogen-bond donors (Lipinski definition) is 0. The second-order valence-electron chi connectivity index (χ2n) is 0. The molecule has 0 aliphatic rings. The zero-order valence-corrected chi connectivity index (χ0v) is 4.65. The molecule has 0 aromatic heterocycles.